The van der Waals surface area contributed by atoms with E-state index in [4.69, 9.17) is 25.6 Å². The topological polar surface area (TPSA) is 62.0 Å². The van der Waals surface area contributed by atoms with E-state index in [1.54, 1.807) is 14.2 Å². The van der Waals surface area contributed by atoms with E-state index in [9.17, 15) is 4.79 Å². The van der Waals surface area contributed by atoms with Crippen LogP contribution in [-0.4, -0.2) is 25.4 Å². The Kier molecular flexibility index (Phi) is 6.55. The molecular weight excluding hydrogens is 508 g/mol. The summed E-state index contributed by atoms with van der Waals surface area (Å²) in [5, 5.41) is 0. The lowest BCUT2D eigenvalue weighted by molar-refractivity contribution is 0.354. The zero-order valence-electron chi connectivity index (χ0n) is 21.6. The second-order valence-electron chi connectivity index (χ2n) is 9.29. The predicted octanol–water partition coefficient (Wildman–Crippen LogP) is 4.35. The molecule has 2 heterocycles. The quantitative estimate of drug-likeness (QED) is 0.345. The summed E-state index contributed by atoms with van der Waals surface area (Å²) in [6, 6.07) is 21.5. The van der Waals surface area contributed by atoms with Crippen molar-refractivity contribution in [2.24, 2.45) is 4.99 Å². The smallest absolute Gasteiger partial charge is 0.271 e. The second kappa shape index (κ2) is 10.3. The van der Waals surface area contributed by atoms with Gasteiger partial charge in [0.15, 0.2) is 16.3 Å². The standard InChI is InChI=1S/C32H26N2O4S/c1-4-17-38-23-13-9-20(10-14-23)18-28-31(35)34-30(22-12-16-26(36-2)27(19-22)37-3)25-15-11-21-7-5-6-8-24(21)29(25)33-32(34)39-28/h1,5-10,12-14,16,18-19,30H,11,15,17H2,2-3H3. The minimum absolute atomic E-state index is 0.0726. The van der Waals surface area contributed by atoms with Crippen LogP contribution in [0.25, 0.3) is 11.8 Å². The Bertz CT molecular complexity index is 1820. The minimum atomic E-state index is -0.300. The van der Waals surface area contributed by atoms with Crippen molar-refractivity contribution in [3.63, 3.8) is 0 Å². The molecule has 6 nitrogen and oxygen atoms in total. The van der Waals surface area contributed by atoms with Crippen molar-refractivity contribution in [2.75, 3.05) is 20.8 Å². The maximum Gasteiger partial charge on any atom is 0.271 e. The van der Waals surface area contributed by atoms with Crippen LogP contribution in [0, 0.1) is 12.3 Å². The number of nitrogens with zero attached hydrogens (tertiary/aromatic N) is 2. The Morgan fingerprint density at radius 2 is 1.85 bits per heavy atom. The maximum atomic E-state index is 14.0. The number of allylic oxidation sites excluding steroid dienone is 1. The van der Waals surface area contributed by atoms with Crippen LogP contribution < -0.4 is 29.1 Å². The molecule has 1 aliphatic heterocycles. The number of ether oxygens (including phenoxy) is 3. The van der Waals surface area contributed by atoms with Gasteiger partial charge in [-0.3, -0.25) is 9.36 Å². The molecule has 1 unspecified atom stereocenters. The van der Waals surface area contributed by atoms with Crippen molar-refractivity contribution in [1.82, 2.24) is 4.57 Å². The second-order valence-corrected chi connectivity index (χ2v) is 10.3. The highest BCUT2D eigenvalue weighted by Crippen LogP contribution is 2.42. The number of rotatable bonds is 6. The zero-order valence-corrected chi connectivity index (χ0v) is 22.5. The highest BCUT2D eigenvalue weighted by molar-refractivity contribution is 7.07. The van der Waals surface area contributed by atoms with E-state index in [0.717, 1.165) is 40.8 Å². The third-order valence-electron chi connectivity index (χ3n) is 7.10. The van der Waals surface area contributed by atoms with Crippen LogP contribution >= 0.6 is 11.3 Å². The van der Waals surface area contributed by atoms with E-state index >= 15 is 0 Å². The molecule has 1 aromatic heterocycles. The lowest BCUT2D eigenvalue weighted by atomic mass is 9.83. The summed E-state index contributed by atoms with van der Waals surface area (Å²) in [5.41, 5.74) is 6.27. The summed E-state index contributed by atoms with van der Waals surface area (Å²) in [6.45, 7) is 0.210. The maximum absolute atomic E-state index is 14.0. The van der Waals surface area contributed by atoms with Gasteiger partial charge in [-0.15, -0.1) is 6.42 Å². The average molecular weight is 535 g/mol. The summed E-state index contributed by atoms with van der Waals surface area (Å²) in [5.74, 6) is 4.42. The molecule has 0 saturated heterocycles. The Balaban J connectivity index is 1.54. The van der Waals surface area contributed by atoms with Gasteiger partial charge in [0.25, 0.3) is 5.56 Å². The number of aryl methyl sites for hydroxylation is 1. The number of terminal acetylenes is 1. The van der Waals surface area contributed by atoms with Gasteiger partial charge >= 0.3 is 0 Å². The molecule has 6 rings (SSSR count). The van der Waals surface area contributed by atoms with Gasteiger partial charge in [-0.25, -0.2) is 4.99 Å². The Labute approximate surface area is 230 Å². The number of fused-ring (bicyclic) bond motifs is 3. The first-order valence-electron chi connectivity index (χ1n) is 12.6. The first kappa shape index (κ1) is 24.8. The third-order valence-corrected chi connectivity index (χ3v) is 8.08. The summed E-state index contributed by atoms with van der Waals surface area (Å²) >= 11 is 1.40. The number of methoxy groups -OCH3 is 2. The molecule has 2 aliphatic rings. The van der Waals surface area contributed by atoms with Gasteiger partial charge in [-0.1, -0.05) is 59.7 Å². The number of hydrogen-bond donors (Lipinski definition) is 0. The number of hydrogen-bond acceptors (Lipinski definition) is 6. The summed E-state index contributed by atoms with van der Waals surface area (Å²) in [4.78, 5) is 19.7. The van der Waals surface area contributed by atoms with Crippen molar-refractivity contribution in [2.45, 2.75) is 18.9 Å². The zero-order chi connectivity index (χ0) is 26.9. The van der Waals surface area contributed by atoms with Gasteiger partial charge < -0.3 is 14.2 Å². The van der Waals surface area contributed by atoms with Crippen molar-refractivity contribution in [3.05, 3.63) is 114 Å². The van der Waals surface area contributed by atoms with Crippen LogP contribution in [0.3, 0.4) is 0 Å². The Hall–Kier alpha value is -4.54. The molecule has 0 amide bonds. The highest BCUT2D eigenvalue weighted by Gasteiger charge is 2.33. The molecule has 0 radical (unpaired) electrons. The highest BCUT2D eigenvalue weighted by atomic mass is 32.1. The molecule has 0 saturated carbocycles. The fourth-order valence-corrected chi connectivity index (χ4v) is 6.28. The van der Waals surface area contributed by atoms with E-state index in [2.05, 4.69) is 24.1 Å². The van der Waals surface area contributed by atoms with Crippen LogP contribution in [0.2, 0.25) is 0 Å². The van der Waals surface area contributed by atoms with Gasteiger partial charge in [-0.2, -0.15) is 0 Å². The molecule has 0 fully saturated rings. The summed E-state index contributed by atoms with van der Waals surface area (Å²) in [7, 11) is 3.24. The van der Waals surface area contributed by atoms with E-state index in [1.807, 2.05) is 59.2 Å². The van der Waals surface area contributed by atoms with E-state index in [-0.39, 0.29) is 18.2 Å². The van der Waals surface area contributed by atoms with Gasteiger partial charge in [0, 0.05) is 5.56 Å². The first-order valence-corrected chi connectivity index (χ1v) is 13.4. The normalized spacial score (nSPS) is 15.9. The van der Waals surface area contributed by atoms with Crippen LogP contribution in [0.5, 0.6) is 17.2 Å². The molecule has 0 N–H and O–H groups in total. The number of thiazole rings is 1. The fraction of sp³-hybridized carbons (Fsp3) is 0.188. The lowest BCUT2D eigenvalue weighted by Gasteiger charge is -2.31. The first-order chi connectivity index (χ1) is 19.1. The van der Waals surface area contributed by atoms with E-state index < -0.39 is 0 Å². The summed E-state index contributed by atoms with van der Waals surface area (Å²) < 4.78 is 19.0. The number of benzene rings is 3. The molecule has 0 bridgehead atoms. The van der Waals surface area contributed by atoms with Crippen molar-refractivity contribution >= 4 is 23.1 Å². The van der Waals surface area contributed by atoms with Crippen LogP contribution in [-0.2, 0) is 6.42 Å². The van der Waals surface area contributed by atoms with Gasteiger partial charge in [0.1, 0.15) is 12.4 Å². The molecule has 0 spiro atoms. The van der Waals surface area contributed by atoms with Crippen molar-refractivity contribution in [3.8, 4) is 29.6 Å². The molecule has 3 aromatic carbocycles. The van der Waals surface area contributed by atoms with Crippen LogP contribution in [0.15, 0.2) is 82.1 Å². The molecule has 7 heteroatoms. The van der Waals surface area contributed by atoms with Crippen molar-refractivity contribution in [1.29, 1.82) is 0 Å². The monoisotopic (exact) mass is 534 g/mol. The van der Waals surface area contributed by atoms with Gasteiger partial charge in [-0.05, 0) is 65.4 Å². The fourth-order valence-electron chi connectivity index (χ4n) is 5.28. The molecule has 4 aromatic rings. The SMILES string of the molecule is C#CCOc1ccc(C=c2sc3n(c2=O)C(c2ccc(OC)c(OC)c2)C2=C(N=3)c3ccccc3CC2)cc1. The largest absolute Gasteiger partial charge is 0.493 e. The molecule has 194 valence electrons. The Morgan fingerprint density at radius 3 is 2.62 bits per heavy atom. The van der Waals surface area contributed by atoms with Gasteiger partial charge in [0.05, 0.1) is 30.5 Å². The predicted molar refractivity (Wildman–Crippen MR) is 153 cm³/mol. The molecule has 1 atom stereocenters. The minimum Gasteiger partial charge on any atom is -0.493 e. The number of aromatic nitrogens is 1. The molecular formula is C32H26N2O4S. The van der Waals surface area contributed by atoms with Crippen LogP contribution in [0.1, 0.15) is 34.7 Å². The third kappa shape index (κ3) is 4.43. The molecule has 1 aliphatic carbocycles. The van der Waals surface area contributed by atoms with Gasteiger partial charge in [0.2, 0.25) is 0 Å². The lowest BCUT2D eigenvalue weighted by Crippen LogP contribution is -2.38. The average Bonchev–Trinajstić information content (AvgIpc) is 3.29. The van der Waals surface area contributed by atoms with Crippen molar-refractivity contribution < 1.29 is 14.2 Å². The summed E-state index contributed by atoms with van der Waals surface area (Å²) in [6.07, 6.45) is 8.90. The van der Waals surface area contributed by atoms with Crippen LogP contribution in [0.4, 0.5) is 0 Å². The van der Waals surface area contributed by atoms with E-state index in [0.29, 0.717) is 26.6 Å². The molecule has 39 heavy (non-hydrogen) atoms. The Morgan fingerprint density at radius 1 is 1.05 bits per heavy atom. The van der Waals surface area contributed by atoms with E-state index in [1.165, 1.54) is 16.9 Å².